The van der Waals surface area contributed by atoms with E-state index < -0.39 is 0 Å². The Morgan fingerprint density at radius 2 is 2.17 bits per heavy atom. The van der Waals surface area contributed by atoms with Crippen molar-refractivity contribution in [3.63, 3.8) is 0 Å². The molecule has 1 N–H and O–H groups in total. The van der Waals surface area contributed by atoms with Crippen LogP contribution in [0.2, 0.25) is 0 Å². The molecule has 2 aromatic rings. The van der Waals surface area contributed by atoms with Gasteiger partial charge in [0.05, 0.1) is 24.7 Å². The summed E-state index contributed by atoms with van der Waals surface area (Å²) in [6, 6.07) is 5.88. The molecule has 6 heteroatoms. The zero-order valence-corrected chi connectivity index (χ0v) is 13.8. The maximum absolute atomic E-state index is 12.1. The highest BCUT2D eigenvalue weighted by Gasteiger charge is 2.13. The topological polar surface area (TPSA) is 83.6 Å². The standard InChI is InChI=1S/C17H21N5O/c1-12-6-4-10-19-17(12)20-16(23)8-7-15-13(2)21-22(14(15)3)11-5-9-18/h4,6,10H,5,7-8,11H2,1-3H3,(H,19,20,23). The van der Waals surface area contributed by atoms with Crippen molar-refractivity contribution in [3.8, 4) is 6.07 Å². The largest absolute Gasteiger partial charge is 0.310 e. The molecule has 0 unspecified atom stereocenters. The number of carbonyl (C=O) groups excluding carboxylic acids is 1. The first-order chi connectivity index (χ1) is 11.0. The third kappa shape index (κ3) is 4.16. The number of amides is 1. The lowest BCUT2D eigenvalue weighted by Crippen LogP contribution is -2.14. The number of aromatic nitrogens is 3. The molecule has 120 valence electrons. The number of nitriles is 1. The van der Waals surface area contributed by atoms with E-state index in [0.717, 1.165) is 22.5 Å². The summed E-state index contributed by atoms with van der Waals surface area (Å²) in [6.07, 6.45) is 3.10. The molecule has 6 nitrogen and oxygen atoms in total. The third-order valence-corrected chi connectivity index (χ3v) is 3.84. The Labute approximate surface area is 136 Å². The van der Waals surface area contributed by atoms with Crippen LogP contribution < -0.4 is 5.32 Å². The smallest absolute Gasteiger partial charge is 0.225 e. The van der Waals surface area contributed by atoms with Gasteiger partial charge >= 0.3 is 0 Å². The molecule has 2 heterocycles. The second kappa shape index (κ2) is 7.54. The van der Waals surface area contributed by atoms with Crippen molar-refractivity contribution < 1.29 is 4.79 Å². The number of hydrogen-bond donors (Lipinski definition) is 1. The van der Waals surface area contributed by atoms with Gasteiger partial charge in [0.25, 0.3) is 0 Å². The molecule has 2 aromatic heterocycles. The van der Waals surface area contributed by atoms with Crippen LogP contribution in [-0.2, 0) is 17.8 Å². The summed E-state index contributed by atoms with van der Waals surface area (Å²) >= 11 is 0. The minimum Gasteiger partial charge on any atom is -0.310 e. The molecule has 0 aliphatic carbocycles. The third-order valence-electron chi connectivity index (χ3n) is 3.84. The predicted molar refractivity (Wildman–Crippen MR) is 87.9 cm³/mol. The van der Waals surface area contributed by atoms with Crippen LogP contribution in [0.25, 0.3) is 0 Å². The first-order valence-electron chi connectivity index (χ1n) is 7.64. The molecule has 0 aromatic carbocycles. The van der Waals surface area contributed by atoms with E-state index in [4.69, 9.17) is 5.26 Å². The highest BCUT2D eigenvalue weighted by molar-refractivity contribution is 5.90. The molecule has 0 atom stereocenters. The van der Waals surface area contributed by atoms with Crippen LogP contribution in [0.3, 0.4) is 0 Å². The Kier molecular flexibility index (Phi) is 5.47. The van der Waals surface area contributed by atoms with Crippen molar-refractivity contribution in [2.24, 2.45) is 0 Å². The highest BCUT2D eigenvalue weighted by atomic mass is 16.1. The quantitative estimate of drug-likeness (QED) is 0.889. The number of aryl methyl sites for hydroxylation is 3. The van der Waals surface area contributed by atoms with Gasteiger partial charge in [-0.05, 0) is 44.4 Å². The zero-order valence-electron chi connectivity index (χ0n) is 13.8. The Bertz CT molecular complexity index is 742. The number of nitrogens with one attached hydrogen (secondary N) is 1. The summed E-state index contributed by atoms with van der Waals surface area (Å²) in [5.41, 5.74) is 3.97. The fraction of sp³-hybridized carbons (Fsp3) is 0.412. The van der Waals surface area contributed by atoms with Gasteiger partial charge in [-0.2, -0.15) is 10.4 Å². The Morgan fingerprint density at radius 1 is 1.39 bits per heavy atom. The van der Waals surface area contributed by atoms with Crippen molar-refractivity contribution >= 4 is 11.7 Å². The Morgan fingerprint density at radius 3 is 2.87 bits per heavy atom. The number of rotatable bonds is 6. The van der Waals surface area contributed by atoms with Crippen LogP contribution in [0, 0.1) is 32.1 Å². The summed E-state index contributed by atoms with van der Waals surface area (Å²) in [7, 11) is 0. The van der Waals surface area contributed by atoms with E-state index in [1.807, 2.05) is 37.6 Å². The minimum atomic E-state index is -0.0598. The fourth-order valence-corrected chi connectivity index (χ4v) is 2.52. The monoisotopic (exact) mass is 311 g/mol. The van der Waals surface area contributed by atoms with Gasteiger partial charge in [0, 0.05) is 18.3 Å². The van der Waals surface area contributed by atoms with Crippen LogP contribution in [-0.4, -0.2) is 20.7 Å². The molecule has 0 aliphatic rings. The number of pyridine rings is 1. The van der Waals surface area contributed by atoms with E-state index in [1.165, 1.54) is 0 Å². The molecule has 0 bridgehead atoms. The van der Waals surface area contributed by atoms with E-state index in [1.54, 1.807) is 6.20 Å². The molecule has 0 saturated carbocycles. The fourth-order valence-electron chi connectivity index (χ4n) is 2.52. The number of hydrogen-bond acceptors (Lipinski definition) is 4. The van der Waals surface area contributed by atoms with Crippen molar-refractivity contribution in [3.05, 3.63) is 40.8 Å². The lowest BCUT2D eigenvalue weighted by molar-refractivity contribution is -0.116. The summed E-state index contributed by atoms with van der Waals surface area (Å²) in [5.74, 6) is 0.547. The maximum Gasteiger partial charge on any atom is 0.225 e. The normalized spacial score (nSPS) is 10.3. The SMILES string of the molecule is Cc1cccnc1NC(=O)CCc1c(C)nn(CCC#N)c1C. The molecule has 2 rings (SSSR count). The molecule has 1 amide bonds. The molecule has 23 heavy (non-hydrogen) atoms. The van der Waals surface area contributed by atoms with Gasteiger partial charge in [0.15, 0.2) is 0 Å². The molecular weight excluding hydrogens is 290 g/mol. The zero-order chi connectivity index (χ0) is 16.8. The van der Waals surface area contributed by atoms with E-state index in [9.17, 15) is 4.79 Å². The van der Waals surface area contributed by atoms with Crippen LogP contribution in [0.1, 0.15) is 35.4 Å². The molecule has 0 saturated heterocycles. The van der Waals surface area contributed by atoms with Crippen molar-refractivity contribution in [2.75, 3.05) is 5.32 Å². The van der Waals surface area contributed by atoms with Gasteiger partial charge in [0.1, 0.15) is 5.82 Å². The van der Waals surface area contributed by atoms with Gasteiger partial charge in [-0.15, -0.1) is 0 Å². The first kappa shape index (κ1) is 16.7. The highest BCUT2D eigenvalue weighted by Crippen LogP contribution is 2.16. The van der Waals surface area contributed by atoms with E-state index >= 15 is 0 Å². The number of anilines is 1. The van der Waals surface area contributed by atoms with E-state index in [-0.39, 0.29) is 5.91 Å². The summed E-state index contributed by atoms with van der Waals surface area (Å²) in [6.45, 7) is 6.41. The van der Waals surface area contributed by atoms with Gasteiger partial charge in [-0.1, -0.05) is 6.07 Å². The molecule has 0 aliphatic heterocycles. The van der Waals surface area contributed by atoms with Crippen molar-refractivity contribution in [1.29, 1.82) is 5.26 Å². The van der Waals surface area contributed by atoms with Crippen LogP contribution in [0.5, 0.6) is 0 Å². The van der Waals surface area contributed by atoms with Gasteiger partial charge in [0.2, 0.25) is 5.91 Å². The first-order valence-corrected chi connectivity index (χ1v) is 7.64. The molecule has 0 radical (unpaired) electrons. The Hall–Kier alpha value is -2.68. The van der Waals surface area contributed by atoms with Crippen LogP contribution in [0.4, 0.5) is 5.82 Å². The van der Waals surface area contributed by atoms with Crippen molar-refractivity contribution in [1.82, 2.24) is 14.8 Å². The second-order valence-corrected chi connectivity index (χ2v) is 5.50. The molecule has 0 spiro atoms. The molecule has 0 fully saturated rings. The average molecular weight is 311 g/mol. The van der Waals surface area contributed by atoms with Crippen LogP contribution >= 0.6 is 0 Å². The maximum atomic E-state index is 12.1. The summed E-state index contributed by atoms with van der Waals surface area (Å²) < 4.78 is 1.84. The van der Waals surface area contributed by atoms with Gasteiger partial charge in [-0.3, -0.25) is 9.48 Å². The van der Waals surface area contributed by atoms with Gasteiger partial charge in [-0.25, -0.2) is 4.98 Å². The predicted octanol–water partition coefficient (Wildman–Crippen LogP) is 2.69. The second-order valence-electron chi connectivity index (χ2n) is 5.50. The van der Waals surface area contributed by atoms with Crippen molar-refractivity contribution in [2.45, 2.75) is 46.6 Å². The number of nitrogens with zero attached hydrogens (tertiary/aromatic N) is 4. The summed E-state index contributed by atoms with van der Waals surface area (Å²) in [5, 5.41) is 16.0. The lowest BCUT2D eigenvalue weighted by atomic mass is 10.1. The number of carbonyl (C=O) groups is 1. The summed E-state index contributed by atoms with van der Waals surface area (Å²) in [4.78, 5) is 16.3. The lowest BCUT2D eigenvalue weighted by Gasteiger charge is -2.07. The van der Waals surface area contributed by atoms with E-state index in [2.05, 4.69) is 21.5 Å². The van der Waals surface area contributed by atoms with Crippen LogP contribution in [0.15, 0.2) is 18.3 Å². The molecular formula is C17H21N5O. The van der Waals surface area contributed by atoms with E-state index in [0.29, 0.717) is 31.6 Å². The Balaban J connectivity index is 1.98. The van der Waals surface area contributed by atoms with Gasteiger partial charge < -0.3 is 5.32 Å². The average Bonchev–Trinajstić information content (AvgIpc) is 2.79. The minimum absolute atomic E-state index is 0.0598.